The third-order valence-electron chi connectivity index (χ3n) is 5.28. The number of para-hydroxylation sites is 1. The predicted octanol–water partition coefficient (Wildman–Crippen LogP) is 0.958. The highest BCUT2D eigenvalue weighted by atomic mass is 16.4. The summed E-state index contributed by atoms with van der Waals surface area (Å²) in [6.45, 7) is 8.72. The van der Waals surface area contributed by atoms with Crippen LogP contribution >= 0.6 is 0 Å². The third kappa shape index (κ3) is 4.05. The molecule has 0 bridgehead atoms. The lowest BCUT2D eigenvalue weighted by molar-refractivity contribution is -0.298. The van der Waals surface area contributed by atoms with Gasteiger partial charge in [-0.25, -0.2) is 14.1 Å². The highest BCUT2D eigenvalue weighted by Crippen LogP contribution is 2.39. The summed E-state index contributed by atoms with van der Waals surface area (Å²) in [6, 6.07) is 5.54. The molecule has 0 saturated heterocycles. The molecule has 1 N–H and O–H groups in total. The summed E-state index contributed by atoms with van der Waals surface area (Å²) >= 11 is 0. The van der Waals surface area contributed by atoms with Gasteiger partial charge in [0.25, 0.3) is 0 Å². The molecule has 28 heavy (non-hydrogen) atoms. The van der Waals surface area contributed by atoms with Crippen molar-refractivity contribution in [1.82, 2.24) is 9.38 Å². The molecule has 0 saturated carbocycles. The second-order valence-electron chi connectivity index (χ2n) is 7.00. The summed E-state index contributed by atoms with van der Waals surface area (Å²) in [5.74, 6) is -3.58. The summed E-state index contributed by atoms with van der Waals surface area (Å²) < 4.78 is -0.130. The maximum atomic E-state index is 13.4. The average Bonchev–Trinajstić information content (AvgIpc) is 2.63. The van der Waals surface area contributed by atoms with Crippen molar-refractivity contribution in [1.29, 1.82) is 0 Å². The number of hydrogen-bond acceptors (Lipinski definition) is 5. The summed E-state index contributed by atoms with van der Waals surface area (Å²) in [5, 5.41) is 20.6. The molecule has 0 aliphatic carbocycles. The van der Waals surface area contributed by atoms with Crippen LogP contribution < -0.4 is 9.59 Å². The number of aliphatic carboxylic acids is 2. The third-order valence-corrected chi connectivity index (χ3v) is 5.28. The van der Waals surface area contributed by atoms with Gasteiger partial charge in [0.1, 0.15) is 6.54 Å². The zero-order valence-electron chi connectivity index (χ0n) is 16.7. The number of fused-ring (bicyclic) bond motifs is 1. The Morgan fingerprint density at radius 2 is 1.89 bits per heavy atom. The van der Waals surface area contributed by atoms with Crippen LogP contribution in [0.1, 0.15) is 25.0 Å². The molecule has 1 aliphatic rings. The zero-order valence-corrected chi connectivity index (χ0v) is 16.7. The first-order chi connectivity index (χ1) is 13.2. The van der Waals surface area contributed by atoms with Crippen LogP contribution in [-0.2, 0) is 14.4 Å². The van der Waals surface area contributed by atoms with E-state index in [1.165, 1.54) is 6.08 Å². The lowest BCUT2D eigenvalue weighted by Gasteiger charge is -2.38. The van der Waals surface area contributed by atoms with Crippen molar-refractivity contribution in [3.63, 3.8) is 0 Å². The normalized spacial score (nSPS) is 19.4. The first-order valence-corrected chi connectivity index (χ1v) is 9.26. The fourth-order valence-corrected chi connectivity index (χ4v) is 3.71. The molecule has 150 valence electrons. The lowest BCUT2D eigenvalue weighted by Crippen LogP contribution is -2.57. The van der Waals surface area contributed by atoms with E-state index in [2.05, 4.69) is 4.90 Å². The van der Waals surface area contributed by atoms with Crippen molar-refractivity contribution in [3.8, 4) is 0 Å². The number of aryl methyl sites for hydroxylation is 1. The Labute approximate surface area is 164 Å². The average molecular weight is 386 g/mol. The van der Waals surface area contributed by atoms with Crippen LogP contribution in [0.25, 0.3) is 6.08 Å². The summed E-state index contributed by atoms with van der Waals surface area (Å²) in [6.07, 6.45) is 1.97. The number of carbonyl (C=O) groups excluding carboxylic acids is 2. The van der Waals surface area contributed by atoms with Gasteiger partial charge in [0.05, 0.1) is 18.6 Å². The van der Waals surface area contributed by atoms with Crippen molar-refractivity contribution < 1.29 is 24.6 Å². The SMILES string of the molecule is CCN(CC)CC[N+]1(C)C(=O)C(/C(=C/C(=O)O)C(=O)[O-])=Cc2cccc(C)c21. The van der Waals surface area contributed by atoms with E-state index in [1.807, 2.05) is 32.9 Å². The van der Waals surface area contributed by atoms with Crippen molar-refractivity contribution >= 4 is 29.6 Å². The van der Waals surface area contributed by atoms with Crippen LogP contribution in [0.3, 0.4) is 0 Å². The highest BCUT2D eigenvalue weighted by molar-refractivity contribution is 6.19. The minimum absolute atomic E-state index is 0.130. The van der Waals surface area contributed by atoms with E-state index in [-0.39, 0.29) is 10.1 Å². The molecule has 1 heterocycles. The van der Waals surface area contributed by atoms with Crippen LogP contribution in [0.2, 0.25) is 0 Å². The van der Waals surface area contributed by atoms with Gasteiger partial charge in [0.15, 0.2) is 5.69 Å². The van der Waals surface area contributed by atoms with Crippen molar-refractivity contribution in [3.05, 3.63) is 46.5 Å². The molecule has 1 aromatic carbocycles. The number of carboxylic acids is 2. The van der Waals surface area contributed by atoms with Gasteiger partial charge in [-0.05, 0) is 32.2 Å². The fourth-order valence-electron chi connectivity index (χ4n) is 3.71. The van der Waals surface area contributed by atoms with E-state index in [1.54, 1.807) is 13.1 Å². The van der Waals surface area contributed by atoms with Gasteiger partial charge < -0.3 is 15.0 Å². The van der Waals surface area contributed by atoms with E-state index in [0.717, 1.165) is 24.3 Å². The van der Waals surface area contributed by atoms with Crippen LogP contribution in [0.4, 0.5) is 5.69 Å². The summed E-state index contributed by atoms with van der Waals surface area (Å²) in [4.78, 5) is 38.3. The van der Waals surface area contributed by atoms with Crippen LogP contribution in [0.15, 0.2) is 35.4 Å². The van der Waals surface area contributed by atoms with E-state index < -0.39 is 23.4 Å². The molecule has 1 unspecified atom stereocenters. The maximum absolute atomic E-state index is 13.4. The van der Waals surface area contributed by atoms with Gasteiger partial charge >= 0.3 is 11.9 Å². The van der Waals surface area contributed by atoms with Crippen LogP contribution in [0.5, 0.6) is 0 Å². The molecular formula is C21H26N2O5. The standard InChI is InChI=1S/C21H26N2O5/c1-5-22(6-2)10-11-23(4)19-14(3)8-7-9-15(19)12-16(20(23)26)17(21(27)28)13-18(24)25/h7-9,12-13H,5-6,10-11H2,1-4H3,(H-,24,25,27,28)/b17-13-. The van der Waals surface area contributed by atoms with Gasteiger partial charge in [-0.3, -0.25) is 4.90 Å². The lowest BCUT2D eigenvalue weighted by atomic mass is 9.92. The Kier molecular flexibility index (Phi) is 6.53. The summed E-state index contributed by atoms with van der Waals surface area (Å²) in [5.41, 5.74) is 1.66. The van der Waals surface area contributed by atoms with Crippen molar-refractivity contribution in [2.75, 3.05) is 33.2 Å². The van der Waals surface area contributed by atoms with Gasteiger partial charge in [0, 0.05) is 29.3 Å². The smallest absolute Gasteiger partial charge is 0.351 e. The predicted molar refractivity (Wildman–Crippen MR) is 105 cm³/mol. The highest BCUT2D eigenvalue weighted by Gasteiger charge is 2.44. The Bertz CT molecular complexity index is 868. The number of amides is 1. The van der Waals surface area contributed by atoms with Crippen LogP contribution in [0, 0.1) is 6.92 Å². The van der Waals surface area contributed by atoms with Gasteiger partial charge in [-0.2, -0.15) is 0 Å². The number of quaternary nitrogens is 1. The Morgan fingerprint density at radius 3 is 2.43 bits per heavy atom. The Balaban J connectivity index is 2.65. The van der Waals surface area contributed by atoms with E-state index >= 15 is 0 Å². The maximum Gasteiger partial charge on any atom is 0.351 e. The topological polar surface area (TPSA) is 97.7 Å². The van der Waals surface area contributed by atoms with Gasteiger partial charge in [0.2, 0.25) is 0 Å². The molecule has 1 aromatic rings. The molecule has 7 heteroatoms. The number of benzene rings is 1. The minimum atomic E-state index is -1.69. The first kappa shape index (κ1) is 21.5. The van der Waals surface area contributed by atoms with Crippen molar-refractivity contribution in [2.45, 2.75) is 20.8 Å². The largest absolute Gasteiger partial charge is 0.545 e. The molecular weight excluding hydrogens is 360 g/mol. The van der Waals surface area contributed by atoms with E-state index in [9.17, 15) is 19.5 Å². The quantitative estimate of drug-likeness (QED) is 0.528. The van der Waals surface area contributed by atoms with E-state index in [4.69, 9.17) is 5.11 Å². The monoisotopic (exact) mass is 386 g/mol. The first-order valence-electron chi connectivity index (χ1n) is 9.26. The fraction of sp³-hybridized carbons (Fsp3) is 0.381. The number of nitrogens with zero attached hydrogens (tertiary/aromatic N) is 2. The second-order valence-corrected chi connectivity index (χ2v) is 7.00. The molecule has 2 rings (SSSR count). The van der Waals surface area contributed by atoms with Crippen molar-refractivity contribution in [2.24, 2.45) is 0 Å². The number of hydrogen-bond donors (Lipinski definition) is 1. The van der Waals surface area contributed by atoms with Gasteiger partial charge in [-0.1, -0.05) is 26.0 Å². The Morgan fingerprint density at radius 1 is 1.25 bits per heavy atom. The minimum Gasteiger partial charge on any atom is -0.545 e. The number of likely N-dealkylation sites (N-methyl/N-ethyl adjacent to an activating group) is 2. The van der Waals surface area contributed by atoms with E-state index in [0.29, 0.717) is 24.7 Å². The van der Waals surface area contributed by atoms with Crippen LogP contribution in [-0.4, -0.2) is 61.1 Å². The molecule has 0 fully saturated rings. The number of rotatable bonds is 8. The molecule has 0 radical (unpaired) electrons. The molecule has 7 nitrogen and oxygen atoms in total. The molecule has 0 spiro atoms. The molecule has 1 atom stereocenters. The molecule has 1 amide bonds. The van der Waals surface area contributed by atoms with Gasteiger partial charge in [-0.15, -0.1) is 0 Å². The Hall–Kier alpha value is -2.77. The molecule has 0 aromatic heterocycles. The number of carbonyl (C=O) groups is 3. The second kappa shape index (κ2) is 8.50. The number of carboxylic acid groups (broad SMARTS) is 2. The molecule has 1 aliphatic heterocycles. The zero-order chi connectivity index (χ0) is 21.1. The summed E-state index contributed by atoms with van der Waals surface area (Å²) in [7, 11) is 1.75.